The Balaban J connectivity index is 1.58. The van der Waals surface area contributed by atoms with Gasteiger partial charge in [-0.25, -0.2) is 0 Å². The van der Waals surface area contributed by atoms with Crippen molar-refractivity contribution in [3.8, 4) is 5.75 Å². The Morgan fingerprint density at radius 3 is 2.75 bits per heavy atom. The number of ether oxygens (including phenoxy) is 1. The number of thiophene rings is 1. The first kappa shape index (κ1) is 18.3. The lowest BCUT2D eigenvalue weighted by atomic mass is 10.1. The Morgan fingerprint density at radius 2 is 2.00 bits per heavy atom. The van der Waals surface area contributed by atoms with Crippen LogP contribution in [0.1, 0.15) is 27.7 Å². The van der Waals surface area contributed by atoms with Gasteiger partial charge in [0.2, 0.25) is 0 Å². The molecular weight excluding hydrogens is 372 g/mol. The summed E-state index contributed by atoms with van der Waals surface area (Å²) in [6.45, 7) is 2.70. The standard InChI is InChI=1S/C22H20N2O3S/c1-15-22(26)24(13-16-6-3-2-4-7-16)14-17-12-18(9-10-19(17)27-15)23-21(25)20-8-5-11-28-20/h2-12,15H,13-14H2,1H3,(H,23,25). The van der Waals surface area contributed by atoms with E-state index < -0.39 is 6.10 Å². The van der Waals surface area contributed by atoms with Crippen LogP contribution >= 0.6 is 11.3 Å². The van der Waals surface area contributed by atoms with Crippen molar-refractivity contribution in [1.82, 2.24) is 4.90 Å². The summed E-state index contributed by atoms with van der Waals surface area (Å²) in [6, 6.07) is 19.0. The zero-order valence-corrected chi connectivity index (χ0v) is 16.2. The summed E-state index contributed by atoms with van der Waals surface area (Å²) >= 11 is 1.39. The third-order valence-corrected chi connectivity index (χ3v) is 5.47. The normalized spacial score (nSPS) is 16.1. The Labute approximate surface area is 167 Å². The van der Waals surface area contributed by atoms with Crippen molar-refractivity contribution in [2.45, 2.75) is 26.1 Å². The summed E-state index contributed by atoms with van der Waals surface area (Å²) in [5.41, 5.74) is 2.62. The lowest BCUT2D eigenvalue weighted by molar-refractivity contribution is -0.138. The van der Waals surface area contributed by atoms with Gasteiger partial charge in [-0.05, 0) is 42.1 Å². The maximum atomic E-state index is 12.8. The van der Waals surface area contributed by atoms with E-state index in [1.54, 1.807) is 24.0 Å². The molecule has 0 saturated carbocycles. The maximum Gasteiger partial charge on any atom is 0.265 e. The molecule has 142 valence electrons. The minimum atomic E-state index is -0.559. The molecule has 0 aliphatic carbocycles. The Kier molecular flexibility index (Phi) is 5.12. The van der Waals surface area contributed by atoms with Crippen molar-refractivity contribution in [1.29, 1.82) is 0 Å². The molecule has 1 aromatic heterocycles. The van der Waals surface area contributed by atoms with Crippen LogP contribution in [0.15, 0.2) is 66.0 Å². The number of benzene rings is 2. The number of carbonyl (C=O) groups excluding carboxylic acids is 2. The summed E-state index contributed by atoms with van der Waals surface area (Å²) in [4.78, 5) is 27.5. The third-order valence-electron chi connectivity index (χ3n) is 4.60. The Hall–Kier alpha value is -3.12. The van der Waals surface area contributed by atoms with E-state index in [-0.39, 0.29) is 11.8 Å². The van der Waals surface area contributed by atoms with E-state index in [9.17, 15) is 9.59 Å². The Morgan fingerprint density at radius 1 is 1.18 bits per heavy atom. The second-order valence-corrected chi connectivity index (χ2v) is 7.64. The zero-order valence-electron chi connectivity index (χ0n) is 15.4. The van der Waals surface area contributed by atoms with Crippen molar-refractivity contribution >= 4 is 28.8 Å². The summed E-state index contributed by atoms with van der Waals surface area (Å²) in [6.07, 6.45) is -0.559. The predicted molar refractivity (Wildman–Crippen MR) is 110 cm³/mol. The molecule has 2 heterocycles. The first-order valence-corrected chi connectivity index (χ1v) is 9.95. The van der Waals surface area contributed by atoms with Crippen LogP contribution in [-0.4, -0.2) is 22.8 Å². The van der Waals surface area contributed by atoms with Gasteiger partial charge in [-0.1, -0.05) is 36.4 Å². The number of fused-ring (bicyclic) bond motifs is 1. The molecule has 1 aliphatic heterocycles. The average molecular weight is 392 g/mol. The molecule has 0 saturated heterocycles. The minimum Gasteiger partial charge on any atom is -0.481 e. The highest BCUT2D eigenvalue weighted by Crippen LogP contribution is 2.29. The van der Waals surface area contributed by atoms with E-state index in [1.807, 2.05) is 53.9 Å². The second-order valence-electron chi connectivity index (χ2n) is 6.69. The van der Waals surface area contributed by atoms with Crippen molar-refractivity contribution in [3.63, 3.8) is 0 Å². The fourth-order valence-corrected chi connectivity index (χ4v) is 3.83. The minimum absolute atomic E-state index is 0.0516. The first-order valence-electron chi connectivity index (χ1n) is 9.07. The van der Waals surface area contributed by atoms with E-state index in [2.05, 4.69) is 5.32 Å². The molecule has 0 fully saturated rings. The van der Waals surface area contributed by atoms with Gasteiger partial charge in [0.05, 0.1) is 4.88 Å². The van der Waals surface area contributed by atoms with Gasteiger partial charge in [0, 0.05) is 24.3 Å². The monoisotopic (exact) mass is 392 g/mol. The average Bonchev–Trinajstić information content (AvgIpc) is 3.21. The number of anilines is 1. The summed E-state index contributed by atoms with van der Waals surface area (Å²) in [7, 11) is 0. The number of nitrogens with zero attached hydrogens (tertiary/aromatic N) is 1. The quantitative estimate of drug-likeness (QED) is 0.720. The Bertz CT molecular complexity index is 986. The third kappa shape index (κ3) is 3.92. The number of hydrogen-bond acceptors (Lipinski definition) is 4. The van der Waals surface area contributed by atoms with E-state index >= 15 is 0 Å². The van der Waals surface area contributed by atoms with Crippen molar-refractivity contribution in [2.75, 3.05) is 5.32 Å². The van der Waals surface area contributed by atoms with Crippen LogP contribution in [0.4, 0.5) is 5.69 Å². The molecule has 4 rings (SSSR count). The van der Waals surface area contributed by atoms with Gasteiger partial charge in [-0.2, -0.15) is 0 Å². The topological polar surface area (TPSA) is 58.6 Å². The van der Waals surface area contributed by atoms with Gasteiger partial charge in [0.1, 0.15) is 5.75 Å². The summed E-state index contributed by atoms with van der Waals surface area (Å²) < 4.78 is 5.87. The molecule has 28 heavy (non-hydrogen) atoms. The molecule has 2 aromatic carbocycles. The highest BCUT2D eigenvalue weighted by atomic mass is 32.1. The fraction of sp³-hybridized carbons (Fsp3) is 0.182. The van der Waals surface area contributed by atoms with Crippen LogP contribution in [0.2, 0.25) is 0 Å². The highest BCUT2D eigenvalue weighted by molar-refractivity contribution is 7.12. The number of rotatable bonds is 4. The lowest BCUT2D eigenvalue weighted by Crippen LogP contribution is -2.37. The predicted octanol–water partition coefficient (Wildman–Crippen LogP) is 4.31. The van der Waals surface area contributed by atoms with Gasteiger partial charge >= 0.3 is 0 Å². The largest absolute Gasteiger partial charge is 0.481 e. The van der Waals surface area contributed by atoms with Crippen LogP contribution in [0.5, 0.6) is 5.75 Å². The molecule has 2 amide bonds. The van der Waals surface area contributed by atoms with Gasteiger partial charge < -0.3 is 15.0 Å². The maximum absolute atomic E-state index is 12.8. The van der Waals surface area contributed by atoms with E-state index in [1.165, 1.54) is 11.3 Å². The number of nitrogens with one attached hydrogen (secondary N) is 1. The summed E-state index contributed by atoms with van der Waals surface area (Å²) in [5.74, 6) is 0.477. The van der Waals surface area contributed by atoms with Crippen LogP contribution in [0.25, 0.3) is 0 Å². The van der Waals surface area contributed by atoms with Crippen LogP contribution in [0, 0.1) is 0 Å². The molecule has 5 nitrogen and oxygen atoms in total. The smallest absolute Gasteiger partial charge is 0.265 e. The number of hydrogen-bond donors (Lipinski definition) is 1. The fourth-order valence-electron chi connectivity index (χ4n) is 3.22. The SMILES string of the molecule is CC1Oc2ccc(NC(=O)c3cccs3)cc2CN(Cc2ccccc2)C1=O. The first-order chi connectivity index (χ1) is 13.6. The van der Waals surface area contributed by atoms with E-state index in [0.717, 1.165) is 11.1 Å². The van der Waals surface area contributed by atoms with Crippen LogP contribution in [0.3, 0.4) is 0 Å². The molecule has 1 aliphatic rings. The second kappa shape index (κ2) is 7.86. The number of amides is 2. The molecule has 3 aromatic rings. The van der Waals surface area contributed by atoms with Gasteiger partial charge in [0.15, 0.2) is 6.10 Å². The van der Waals surface area contributed by atoms with Crippen molar-refractivity contribution < 1.29 is 14.3 Å². The zero-order chi connectivity index (χ0) is 19.5. The molecule has 6 heteroatoms. The molecule has 0 radical (unpaired) electrons. The molecular formula is C22H20N2O3S. The highest BCUT2D eigenvalue weighted by Gasteiger charge is 2.28. The van der Waals surface area contributed by atoms with E-state index in [4.69, 9.17) is 4.74 Å². The molecule has 0 bridgehead atoms. The molecule has 1 atom stereocenters. The molecule has 1 N–H and O–H groups in total. The van der Waals surface area contributed by atoms with Gasteiger partial charge in [-0.15, -0.1) is 11.3 Å². The molecule has 0 spiro atoms. The van der Waals surface area contributed by atoms with Crippen LogP contribution in [-0.2, 0) is 17.9 Å². The number of carbonyl (C=O) groups is 2. The van der Waals surface area contributed by atoms with Gasteiger partial charge in [0.25, 0.3) is 11.8 Å². The van der Waals surface area contributed by atoms with Crippen LogP contribution < -0.4 is 10.1 Å². The lowest BCUT2D eigenvalue weighted by Gasteiger charge is -2.22. The summed E-state index contributed by atoms with van der Waals surface area (Å²) in [5, 5.41) is 4.78. The van der Waals surface area contributed by atoms with Crippen molar-refractivity contribution in [2.24, 2.45) is 0 Å². The van der Waals surface area contributed by atoms with Gasteiger partial charge in [-0.3, -0.25) is 9.59 Å². The van der Waals surface area contributed by atoms with E-state index in [0.29, 0.717) is 29.4 Å². The molecule has 1 unspecified atom stereocenters. The van der Waals surface area contributed by atoms with Crippen molar-refractivity contribution in [3.05, 3.63) is 82.0 Å².